The fraction of sp³-hybridized carbons (Fsp3) is 0.632. The molecular weight excluding hydrogens is 336 g/mol. The maximum atomic E-state index is 11.7. The lowest BCUT2D eigenvalue weighted by Gasteiger charge is -2.36. The Morgan fingerprint density at radius 3 is 2.50 bits per heavy atom. The Kier molecular flexibility index (Phi) is 6.01. The van der Waals surface area contributed by atoms with Crippen LogP contribution in [0.5, 0.6) is 0 Å². The molecule has 1 saturated heterocycles. The summed E-state index contributed by atoms with van der Waals surface area (Å²) >= 11 is 1.69. The molecule has 1 aliphatic heterocycles. The number of aldehydes is 1. The molecule has 5 heteroatoms. The Labute approximate surface area is 151 Å². The van der Waals surface area contributed by atoms with Gasteiger partial charge in [0.1, 0.15) is 11.9 Å². The molecule has 0 saturated carbocycles. The van der Waals surface area contributed by atoms with Crippen molar-refractivity contribution in [2.24, 2.45) is 5.92 Å². The lowest BCUT2D eigenvalue weighted by Crippen LogP contribution is -2.42. The molecule has 134 valence electrons. The van der Waals surface area contributed by atoms with Crippen LogP contribution in [-0.4, -0.2) is 37.3 Å². The van der Waals surface area contributed by atoms with Crippen LogP contribution in [0.15, 0.2) is 30.3 Å². The first-order chi connectivity index (χ1) is 11.1. The Hall–Kier alpha value is -0.623. The predicted octanol–water partition coefficient (Wildman–Crippen LogP) is 4.22. The summed E-state index contributed by atoms with van der Waals surface area (Å²) in [4.78, 5) is 11.7. The van der Waals surface area contributed by atoms with Crippen LogP contribution in [0.25, 0.3) is 0 Å². The highest BCUT2D eigenvalue weighted by molar-refractivity contribution is 8.00. The molecule has 2 rings (SSSR count). The van der Waals surface area contributed by atoms with E-state index in [2.05, 4.69) is 33.9 Å². The van der Waals surface area contributed by atoms with Gasteiger partial charge in [-0.05, 0) is 30.1 Å². The molecular formula is C19H30O3SSi. The van der Waals surface area contributed by atoms with Gasteiger partial charge in [0, 0.05) is 17.6 Å². The standard InChI is InChI=1S/C19H30O3SSi/c1-18(2,3)24(4,5)22-12-11-17-16(13-20)19(21,14-23-17)15-9-7-6-8-10-15/h6-10,13,16-17,21H,11-12,14H2,1-5H3/t16-,17-,19-/m1/s1. The van der Waals surface area contributed by atoms with Gasteiger partial charge in [-0.25, -0.2) is 0 Å². The number of rotatable bonds is 6. The maximum absolute atomic E-state index is 11.7. The summed E-state index contributed by atoms with van der Waals surface area (Å²) in [5, 5.41) is 11.4. The Bertz CT molecular complexity index is 555. The summed E-state index contributed by atoms with van der Waals surface area (Å²) in [6, 6.07) is 9.56. The largest absolute Gasteiger partial charge is 0.417 e. The third-order valence-corrected chi connectivity index (χ3v) is 11.7. The Morgan fingerprint density at radius 2 is 1.96 bits per heavy atom. The van der Waals surface area contributed by atoms with Gasteiger partial charge in [0.2, 0.25) is 0 Å². The van der Waals surface area contributed by atoms with Crippen LogP contribution in [0, 0.1) is 5.92 Å². The molecule has 3 atom stereocenters. The predicted molar refractivity (Wildman–Crippen MR) is 104 cm³/mol. The first-order valence-electron chi connectivity index (χ1n) is 8.60. The summed E-state index contributed by atoms with van der Waals surface area (Å²) in [6.07, 6.45) is 1.74. The van der Waals surface area contributed by atoms with Crippen molar-refractivity contribution in [1.82, 2.24) is 0 Å². The van der Waals surface area contributed by atoms with Crippen molar-refractivity contribution in [3.8, 4) is 0 Å². The van der Waals surface area contributed by atoms with E-state index >= 15 is 0 Å². The molecule has 0 unspecified atom stereocenters. The number of carbonyl (C=O) groups excluding carboxylic acids is 1. The molecule has 0 aliphatic carbocycles. The van der Waals surface area contributed by atoms with Crippen LogP contribution in [0.2, 0.25) is 18.1 Å². The van der Waals surface area contributed by atoms with E-state index in [-0.39, 0.29) is 16.2 Å². The first-order valence-corrected chi connectivity index (χ1v) is 12.6. The first kappa shape index (κ1) is 19.7. The molecule has 0 spiro atoms. The van der Waals surface area contributed by atoms with E-state index in [1.54, 1.807) is 11.8 Å². The smallest absolute Gasteiger partial charge is 0.191 e. The average Bonchev–Trinajstić information content (AvgIpc) is 2.84. The van der Waals surface area contributed by atoms with Gasteiger partial charge in [-0.2, -0.15) is 11.8 Å². The minimum Gasteiger partial charge on any atom is -0.417 e. The van der Waals surface area contributed by atoms with E-state index in [9.17, 15) is 9.90 Å². The van der Waals surface area contributed by atoms with E-state index in [4.69, 9.17) is 4.43 Å². The van der Waals surface area contributed by atoms with Gasteiger partial charge in [0.25, 0.3) is 0 Å². The second-order valence-electron chi connectivity index (χ2n) is 8.20. The fourth-order valence-corrected chi connectivity index (χ4v) is 5.50. The molecule has 0 aromatic heterocycles. The molecule has 1 aromatic rings. The zero-order chi connectivity index (χ0) is 18.0. The molecule has 1 fully saturated rings. The molecule has 24 heavy (non-hydrogen) atoms. The van der Waals surface area contributed by atoms with Gasteiger partial charge in [-0.15, -0.1) is 0 Å². The molecule has 1 N–H and O–H groups in total. The topological polar surface area (TPSA) is 46.5 Å². The van der Waals surface area contributed by atoms with Gasteiger partial charge in [0.05, 0.1) is 5.92 Å². The van der Waals surface area contributed by atoms with Gasteiger partial charge < -0.3 is 14.3 Å². The number of aliphatic hydroxyl groups is 1. The van der Waals surface area contributed by atoms with Crippen molar-refractivity contribution in [1.29, 1.82) is 0 Å². The van der Waals surface area contributed by atoms with E-state index in [1.807, 2.05) is 30.3 Å². The Balaban J connectivity index is 2.02. The van der Waals surface area contributed by atoms with Crippen LogP contribution in [0.1, 0.15) is 32.8 Å². The highest BCUT2D eigenvalue weighted by Crippen LogP contribution is 2.47. The summed E-state index contributed by atoms with van der Waals surface area (Å²) in [6.45, 7) is 11.8. The van der Waals surface area contributed by atoms with Crippen LogP contribution in [-0.2, 0) is 14.8 Å². The van der Waals surface area contributed by atoms with Crippen LogP contribution >= 0.6 is 11.8 Å². The second kappa shape index (κ2) is 7.32. The summed E-state index contributed by atoms with van der Waals surface area (Å²) < 4.78 is 6.25. The van der Waals surface area contributed by atoms with Crippen molar-refractivity contribution in [3.63, 3.8) is 0 Å². The number of hydrogen-bond acceptors (Lipinski definition) is 4. The number of benzene rings is 1. The zero-order valence-electron chi connectivity index (χ0n) is 15.4. The number of hydrogen-bond donors (Lipinski definition) is 1. The molecule has 0 radical (unpaired) electrons. The lowest BCUT2D eigenvalue weighted by atomic mass is 9.81. The highest BCUT2D eigenvalue weighted by Gasteiger charge is 2.49. The van der Waals surface area contributed by atoms with E-state index < -0.39 is 13.9 Å². The maximum Gasteiger partial charge on any atom is 0.191 e. The van der Waals surface area contributed by atoms with Crippen molar-refractivity contribution >= 4 is 26.4 Å². The normalized spacial score (nSPS) is 28.1. The van der Waals surface area contributed by atoms with Crippen LogP contribution < -0.4 is 0 Å². The van der Waals surface area contributed by atoms with Crippen molar-refractivity contribution in [2.45, 2.75) is 56.2 Å². The Morgan fingerprint density at radius 1 is 1.33 bits per heavy atom. The van der Waals surface area contributed by atoms with Gasteiger partial charge >= 0.3 is 0 Å². The minimum absolute atomic E-state index is 0.109. The van der Waals surface area contributed by atoms with Gasteiger partial charge in [-0.1, -0.05) is 51.1 Å². The number of carbonyl (C=O) groups is 1. The van der Waals surface area contributed by atoms with E-state index in [0.29, 0.717) is 12.4 Å². The van der Waals surface area contributed by atoms with Crippen molar-refractivity contribution < 1.29 is 14.3 Å². The summed E-state index contributed by atoms with van der Waals surface area (Å²) in [5.41, 5.74) is -0.225. The molecule has 3 nitrogen and oxygen atoms in total. The molecule has 1 aliphatic rings. The van der Waals surface area contributed by atoms with Crippen molar-refractivity contribution in [3.05, 3.63) is 35.9 Å². The lowest BCUT2D eigenvalue weighted by molar-refractivity contribution is -0.118. The van der Waals surface area contributed by atoms with Gasteiger partial charge in [-0.3, -0.25) is 0 Å². The van der Waals surface area contributed by atoms with E-state index in [0.717, 1.165) is 18.3 Å². The molecule has 1 heterocycles. The second-order valence-corrected chi connectivity index (χ2v) is 14.2. The van der Waals surface area contributed by atoms with Gasteiger partial charge in [0.15, 0.2) is 8.32 Å². The molecule has 0 bridgehead atoms. The van der Waals surface area contributed by atoms with E-state index in [1.165, 1.54) is 0 Å². The highest BCUT2D eigenvalue weighted by atomic mass is 32.2. The zero-order valence-corrected chi connectivity index (χ0v) is 17.2. The van der Waals surface area contributed by atoms with Crippen molar-refractivity contribution in [2.75, 3.05) is 12.4 Å². The fourth-order valence-electron chi connectivity index (χ4n) is 2.85. The van der Waals surface area contributed by atoms with Crippen LogP contribution in [0.4, 0.5) is 0 Å². The average molecular weight is 367 g/mol. The third kappa shape index (κ3) is 3.95. The monoisotopic (exact) mass is 366 g/mol. The quantitative estimate of drug-likeness (QED) is 0.605. The van der Waals surface area contributed by atoms with Crippen LogP contribution in [0.3, 0.4) is 0 Å². The SMILES string of the molecule is CC(C)(C)[Si](C)(C)OCC[C@H]1SC[C@@](O)(c2ccccc2)[C@@H]1C=O. The molecule has 0 amide bonds. The minimum atomic E-state index is -1.77. The number of thioether (sulfide) groups is 1. The molecule has 1 aromatic carbocycles. The third-order valence-electron chi connectivity index (χ3n) is 5.56. The summed E-state index contributed by atoms with van der Waals surface area (Å²) in [7, 11) is -1.77. The summed E-state index contributed by atoms with van der Waals surface area (Å²) in [5.74, 6) is 0.179.